The van der Waals surface area contributed by atoms with Gasteiger partial charge in [-0.05, 0) is 59.7 Å². The van der Waals surface area contributed by atoms with Crippen molar-refractivity contribution >= 4 is 17.5 Å². The molecule has 2 amide bonds. The molecule has 0 heterocycles. The second kappa shape index (κ2) is 15.1. The SMILES string of the molecule is COc1cc(CC(=O)NC(COCc2ccccc2)C(=O)Nc2ccc(Oc3ccccc3)cc2)cc(OC)c1OC. The van der Waals surface area contributed by atoms with E-state index in [4.69, 9.17) is 23.7 Å². The highest BCUT2D eigenvalue weighted by atomic mass is 16.5. The number of carbonyl (C=O) groups excluding carboxylic acids is 2. The summed E-state index contributed by atoms with van der Waals surface area (Å²) >= 11 is 0. The summed E-state index contributed by atoms with van der Waals surface area (Å²) in [6.07, 6.45) is -0.0231. The summed E-state index contributed by atoms with van der Waals surface area (Å²) in [5.74, 6) is 1.83. The van der Waals surface area contributed by atoms with Gasteiger partial charge in [0.25, 0.3) is 0 Å². The van der Waals surface area contributed by atoms with Crippen LogP contribution in [0.4, 0.5) is 5.69 Å². The molecule has 0 fully saturated rings. The number of ether oxygens (including phenoxy) is 5. The Kier molecular flexibility index (Phi) is 10.8. The molecule has 42 heavy (non-hydrogen) atoms. The number of benzene rings is 4. The van der Waals surface area contributed by atoms with Gasteiger partial charge in [0.1, 0.15) is 17.5 Å². The van der Waals surface area contributed by atoms with Crippen molar-refractivity contribution in [2.24, 2.45) is 0 Å². The summed E-state index contributed by atoms with van der Waals surface area (Å²) in [4.78, 5) is 26.4. The van der Waals surface area contributed by atoms with Gasteiger partial charge in [-0.3, -0.25) is 9.59 Å². The Labute approximate surface area is 245 Å². The van der Waals surface area contributed by atoms with Crippen molar-refractivity contribution in [1.82, 2.24) is 5.32 Å². The highest BCUT2D eigenvalue weighted by Gasteiger charge is 2.23. The molecular formula is C33H34N2O7. The summed E-state index contributed by atoms with van der Waals surface area (Å²) in [6.45, 7) is 0.260. The molecular weight excluding hydrogens is 536 g/mol. The number of methoxy groups -OCH3 is 3. The van der Waals surface area contributed by atoms with Crippen LogP contribution in [0.1, 0.15) is 11.1 Å². The lowest BCUT2D eigenvalue weighted by Crippen LogP contribution is -2.47. The smallest absolute Gasteiger partial charge is 0.249 e. The van der Waals surface area contributed by atoms with Crippen LogP contribution in [0.3, 0.4) is 0 Å². The third kappa shape index (κ3) is 8.49. The number of rotatable bonds is 14. The lowest BCUT2D eigenvalue weighted by Gasteiger charge is -2.19. The molecule has 9 nitrogen and oxygen atoms in total. The van der Waals surface area contributed by atoms with E-state index in [0.29, 0.717) is 46.6 Å². The monoisotopic (exact) mass is 570 g/mol. The van der Waals surface area contributed by atoms with E-state index in [1.54, 1.807) is 36.4 Å². The Morgan fingerprint density at radius 3 is 1.90 bits per heavy atom. The number of nitrogens with one attached hydrogen (secondary N) is 2. The molecule has 4 aromatic carbocycles. The van der Waals surface area contributed by atoms with Crippen LogP contribution in [0.25, 0.3) is 0 Å². The average Bonchev–Trinajstić information content (AvgIpc) is 3.02. The van der Waals surface area contributed by atoms with Crippen molar-refractivity contribution in [2.45, 2.75) is 19.1 Å². The van der Waals surface area contributed by atoms with E-state index in [1.165, 1.54) is 21.3 Å². The molecule has 0 aliphatic heterocycles. The molecule has 0 bridgehead atoms. The Balaban J connectivity index is 1.43. The van der Waals surface area contributed by atoms with E-state index in [0.717, 1.165) is 5.56 Å². The zero-order chi connectivity index (χ0) is 29.7. The van der Waals surface area contributed by atoms with Gasteiger partial charge in [0.2, 0.25) is 17.6 Å². The van der Waals surface area contributed by atoms with Crippen LogP contribution >= 0.6 is 0 Å². The van der Waals surface area contributed by atoms with Gasteiger partial charge in [0, 0.05) is 5.69 Å². The van der Waals surface area contributed by atoms with Gasteiger partial charge in [0.05, 0.1) is 41.0 Å². The third-order valence-electron chi connectivity index (χ3n) is 6.24. The first-order valence-electron chi connectivity index (χ1n) is 13.3. The van der Waals surface area contributed by atoms with E-state index in [-0.39, 0.29) is 18.9 Å². The van der Waals surface area contributed by atoms with Crippen LogP contribution in [-0.2, 0) is 27.4 Å². The van der Waals surface area contributed by atoms with Crippen molar-refractivity contribution in [3.05, 3.63) is 108 Å². The fourth-order valence-corrected chi connectivity index (χ4v) is 4.18. The largest absolute Gasteiger partial charge is 0.493 e. The highest BCUT2D eigenvalue weighted by molar-refractivity contribution is 5.97. The first-order chi connectivity index (χ1) is 20.5. The van der Waals surface area contributed by atoms with Crippen LogP contribution < -0.4 is 29.6 Å². The summed E-state index contributed by atoms with van der Waals surface area (Å²) in [5, 5.41) is 5.66. The number of anilines is 1. The molecule has 218 valence electrons. The topological polar surface area (TPSA) is 104 Å². The van der Waals surface area contributed by atoms with Crippen molar-refractivity contribution in [3.8, 4) is 28.7 Å². The molecule has 2 N–H and O–H groups in total. The molecule has 0 saturated carbocycles. The molecule has 0 spiro atoms. The maximum absolute atomic E-state index is 13.3. The minimum absolute atomic E-state index is 0.0231. The van der Waals surface area contributed by atoms with Crippen LogP contribution in [0.15, 0.2) is 97.1 Å². The maximum atomic E-state index is 13.3. The quantitative estimate of drug-likeness (QED) is 0.210. The Morgan fingerprint density at radius 1 is 0.714 bits per heavy atom. The first-order valence-corrected chi connectivity index (χ1v) is 13.3. The fraction of sp³-hybridized carbons (Fsp3) is 0.212. The summed E-state index contributed by atoms with van der Waals surface area (Å²) < 4.78 is 27.8. The Bertz CT molecular complexity index is 1420. The molecule has 4 rings (SSSR count). The number of amides is 2. The van der Waals surface area contributed by atoms with Gasteiger partial charge < -0.3 is 34.3 Å². The fourth-order valence-electron chi connectivity index (χ4n) is 4.18. The van der Waals surface area contributed by atoms with Gasteiger partial charge in [-0.1, -0.05) is 48.5 Å². The Hall–Kier alpha value is -5.02. The van der Waals surface area contributed by atoms with Crippen LogP contribution in [0.2, 0.25) is 0 Å². The average molecular weight is 571 g/mol. The second-order valence-electron chi connectivity index (χ2n) is 9.26. The molecule has 0 aliphatic rings. The molecule has 0 radical (unpaired) electrons. The zero-order valence-corrected chi connectivity index (χ0v) is 23.8. The van der Waals surface area contributed by atoms with Crippen LogP contribution in [0.5, 0.6) is 28.7 Å². The predicted molar refractivity (Wildman–Crippen MR) is 159 cm³/mol. The number of carbonyl (C=O) groups is 2. The zero-order valence-electron chi connectivity index (χ0n) is 23.8. The minimum Gasteiger partial charge on any atom is -0.493 e. The third-order valence-corrected chi connectivity index (χ3v) is 6.24. The summed E-state index contributed by atoms with van der Waals surface area (Å²) in [5.41, 5.74) is 2.13. The van der Waals surface area contributed by atoms with Crippen LogP contribution in [-0.4, -0.2) is 45.8 Å². The first kappa shape index (κ1) is 30.0. The van der Waals surface area contributed by atoms with Gasteiger partial charge in [-0.2, -0.15) is 0 Å². The number of para-hydroxylation sites is 1. The normalized spacial score (nSPS) is 11.2. The van der Waals surface area contributed by atoms with E-state index in [2.05, 4.69) is 10.6 Å². The summed E-state index contributed by atoms with van der Waals surface area (Å²) in [7, 11) is 4.52. The molecule has 0 aliphatic carbocycles. The predicted octanol–water partition coefficient (Wildman–Crippen LogP) is 5.39. The molecule has 1 unspecified atom stereocenters. The lowest BCUT2D eigenvalue weighted by molar-refractivity contribution is -0.127. The highest BCUT2D eigenvalue weighted by Crippen LogP contribution is 2.38. The second-order valence-corrected chi connectivity index (χ2v) is 9.26. The molecule has 0 saturated heterocycles. The molecule has 9 heteroatoms. The molecule has 4 aromatic rings. The van der Waals surface area contributed by atoms with Gasteiger partial charge in [-0.15, -0.1) is 0 Å². The van der Waals surface area contributed by atoms with Gasteiger partial charge >= 0.3 is 0 Å². The van der Waals surface area contributed by atoms with Crippen LogP contribution in [0, 0.1) is 0 Å². The summed E-state index contributed by atoms with van der Waals surface area (Å²) in [6, 6.07) is 28.4. The van der Waals surface area contributed by atoms with Crippen molar-refractivity contribution in [3.63, 3.8) is 0 Å². The molecule has 0 aromatic heterocycles. The number of hydrogen-bond acceptors (Lipinski definition) is 7. The lowest BCUT2D eigenvalue weighted by atomic mass is 10.1. The van der Waals surface area contributed by atoms with Crippen molar-refractivity contribution in [1.29, 1.82) is 0 Å². The van der Waals surface area contributed by atoms with Crippen molar-refractivity contribution in [2.75, 3.05) is 33.3 Å². The van der Waals surface area contributed by atoms with Gasteiger partial charge in [0.15, 0.2) is 11.5 Å². The van der Waals surface area contributed by atoms with E-state index >= 15 is 0 Å². The number of hydrogen-bond donors (Lipinski definition) is 2. The van der Waals surface area contributed by atoms with E-state index in [1.807, 2.05) is 60.7 Å². The molecule has 1 atom stereocenters. The van der Waals surface area contributed by atoms with E-state index in [9.17, 15) is 9.59 Å². The standard InChI is InChI=1S/C33H34N2O7/c1-38-29-18-24(19-30(39-2)32(29)40-3)20-31(36)35-28(22-41-21-23-10-6-4-7-11-23)33(37)34-25-14-16-27(17-15-25)42-26-12-8-5-9-13-26/h4-19,28H,20-22H2,1-3H3,(H,34,37)(H,35,36). The van der Waals surface area contributed by atoms with E-state index < -0.39 is 11.9 Å². The maximum Gasteiger partial charge on any atom is 0.249 e. The van der Waals surface area contributed by atoms with Crippen molar-refractivity contribution < 1.29 is 33.3 Å². The Morgan fingerprint density at radius 2 is 1.31 bits per heavy atom. The van der Waals surface area contributed by atoms with Gasteiger partial charge in [-0.25, -0.2) is 0 Å². The minimum atomic E-state index is -0.955.